The molecule has 0 fully saturated rings. The van der Waals surface area contributed by atoms with Crippen LogP contribution in [0.25, 0.3) is 0 Å². The Kier molecular flexibility index (Phi) is 4.27. The third-order valence-corrected chi connectivity index (χ3v) is 4.67. The summed E-state index contributed by atoms with van der Waals surface area (Å²) >= 11 is 0. The minimum atomic E-state index is -0.740. The number of aromatic nitrogens is 1. The number of hydrogen-bond donors (Lipinski definition) is 2. The van der Waals surface area contributed by atoms with E-state index in [1.165, 1.54) is 17.4 Å². The molecule has 0 saturated carbocycles. The molecule has 26 heavy (non-hydrogen) atoms. The van der Waals surface area contributed by atoms with Crippen LogP contribution in [0.15, 0.2) is 40.2 Å². The normalized spacial score (nSPS) is 20.1. The molecule has 0 saturated heterocycles. The SMILES string of the molecule is CN1C(=O)C[C@@](C)(c2ccc(C(=N)c3cnoc3)c(N(C)C)c2)N=C1N. The van der Waals surface area contributed by atoms with Gasteiger partial charge in [-0.3, -0.25) is 15.1 Å². The molecule has 1 amide bonds. The minimum absolute atomic E-state index is 0.0762. The first-order chi connectivity index (χ1) is 12.2. The van der Waals surface area contributed by atoms with Gasteiger partial charge in [-0.15, -0.1) is 0 Å². The van der Waals surface area contributed by atoms with Gasteiger partial charge in [0.1, 0.15) is 6.26 Å². The molecule has 8 nitrogen and oxygen atoms in total. The zero-order valence-electron chi connectivity index (χ0n) is 15.3. The molecule has 2 heterocycles. The van der Waals surface area contributed by atoms with Gasteiger partial charge in [-0.05, 0) is 18.6 Å². The lowest BCUT2D eigenvalue weighted by molar-refractivity contribution is -0.128. The number of rotatable bonds is 4. The summed E-state index contributed by atoms with van der Waals surface area (Å²) in [5, 5.41) is 12.1. The fraction of sp³-hybridized carbons (Fsp3) is 0.333. The van der Waals surface area contributed by atoms with Crippen LogP contribution in [0, 0.1) is 5.41 Å². The number of hydrogen-bond acceptors (Lipinski definition) is 7. The maximum Gasteiger partial charge on any atom is 0.231 e. The molecule has 3 rings (SSSR count). The van der Waals surface area contributed by atoms with Gasteiger partial charge < -0.3 is 15.2 Å². The molecule has 1 aliphatic heterocycles. The molecular formula is C18H22N6O2. The summed E-state index contributed by atoms with van der Waals surface area (Å²) in [5.41, 5.74) is 8.54. The maximum atomic E-state index is 12.2. The van der Waals surface area contributed by atoms with Crippen LogP contribution in [0.2, 0.25) is 0 Å². The molecule has 1 aliphatic rings. The number of nitrogens with zero attached hydrogens (tertiary/aromatic N) is 4. The number of amides is 1. The second-order valence-corrected chi connectivity index (χ2v) is 6.79. The van der Waals surface area contributed by atoms with E-state index in [4.69, 9.17) is 15.7 Å². The zero-order chi connectivity index (χ0) is 19.1. The third kappa shape index (κ3) is 2.94. The lowest BCUT2D eigenvalue weighted by Gasteiger charge is -2.34. The van der Waals surface area contributed by atoms with Crippen LogP contribution >= 0.6 is 0 Å². The summed E-state index contributed by atoms with van der Waals surface area (Å²) in [4.78, 5) is 20.1. The van der Waals surface area contributed by atoms with Gasteiger partial charge in [0, 0.05) is 32.4 Å². The number of anilines is 1. The van der Waals surface area contributed by atoms with Gasteiger partial charge in [-0.1, -0.05) is 17.3 Å². The number of carbonyl (C=O) groups excluding carboxylic acids is 1. The Hall–Kier alpha value is -3.16. The van der Waals surface area contributed by atoms with Crippen LogP contribution in [0.1, 0.15) is 30.0 Å². The van der Waals surface area contributed by atoms with E-state index in [0.717, 1.165) is 16.8 Å². The average Bonchev–Trinajstić information content (AvgIpc) is 3.13. The molecule has 0 aliphatic carbocycles. The molecule has 1 aromatic carbocycles. The Morgan fingerprint density at radius 3 is 2.73 bits per heavy atom. The van der Waals surface area contributed by atoms with E-state index in [1.54, 1.807) is 7.05 Å². The van der Waals surface area contributed by atoms with Crippen LogP contribution in [0.5, 0.6) is 0 Å². The van der Waals surface area contributed by atoms with Gasteiger partial charge in [-0.25, -0.2) is 4.99 Å². The monoisotopic (exact) mass is 354 g/mol. The highest BCUT2D eigenvalue weighted by atomic mass is 16.5. The summed E-state index contributed by atoms with van der Waals surface area (Å²) in [5.74, 6) is 0.129. The molecule has 3 N–H and O–H groups in total. The third-order valence-electron chi connectivity index (χ3n) is 4.67. The number of carbonyl (C=O) groups is 1. The molecule has 8 heteroatoms. The van der Waals surface area contributed by atoms with Crippen molar-refractivity contribution in [2.24, 2.45) is 10.7 Å². The molecule has 136 valence electrons. The maximum absolute atomic E-state index is 12.2. The lowest BCUT2D eigenvalue weighted by Crippen LogP contribution is -2.47. The van der Waals surface area contributed by atoms with Gasteiger partial charge >= 0.3 is 0 Å². The quantitative estimate of drug-likeness (QED) is 0.809. The van der Waals surface area contributed by atoms with E-state index in [9.17, 15) is 4.79 Å². The number of nitrogens with two attached hydrogens (primary N) is 1. The fourth-order valence-corrected chi connectivity index (χ4v) is 3.01. The summed E-state index contributed by atoms with van der Waals surface area (Å²) in [6.45, 7) is 1.89. The van der Waals surface area contributed by atoms with Gasteiger partial charge in [0.15, 0.2) is 5.96 Å². The Balaban J connectivity index is 2.07. The van der Waals surface area contributed by atoms with Crippen LogP contribution in [0.4, 0.5) is 5.69 Å². The van der Waals surface area contributed by atoms with E-state index in [2.05, 4.69) is 10.1 Å². The van der Waals surface area contributed by atoms with Crippen LogP contribution in [-0.4, -0.2) is 48.8 Å². The van der Waals surface area contributed by atoms with Crippen LogP contribution in [-0.2, 0) is 10.3 Å². The van der Waals surface area contributed by atoms with Crippen molar-refractivity contribution in [1.29, 1.82) is 5.41 Å². The number of nitrogens with one attached hydrogen (secondary N) is 1. The van der Waals surface area contributed by atoms with Crippen molar-refractivity contribution in [2.45, 2.75) is 18.9 Å². The molecule has 0 radical (unpaired) electrons. The lowest BCUT2D eigenvalue weighted by atomic mass is 9.86. The van der Waals surface area contributed by atoms with Crippen molar-refractivity contribution in [3.63, 3.8) is 0 Å². The summed E-state index contributed by atoms with van der Waals surface area (Å²) in [6.07, 6.45) is 3.19. The molecule has 0 spiro atoms. The predicted molar refractivity (Wildman–Crippen MR) is 99.6 cm³/mol. The van der Waals surface area contributed by atoms with Gasteiger partial charge in [0.05, 0.1) is 29.4 Å². The van der Waals surface area contributed by atoms with E-state index < -0.39 is 5.54 Å². The molecular weight excluding hydrogens is 332 g/mol. The van der Waals surface area contributed by atoms with E-state index in [0.29, 0.717) is 11.3 Å². The van der Waals surface area contributed by atoms with Crippen molar-refractivity contribution in [3.8, 4) is 0 Å². The van der Waals surface area contributed by atoms with E-state index in [-0.39, 0.29) is 18.3 Å². The Labute approximate surface area is 151 Å². The number of aliphatic imine (C=N–C) groups is 1. The van der Waals surface area contributed by atoms with Gasteiger partial charge in [0.2, 0.25) is 5.91 Å². The molecule has 0 unspecified atom stereocenters. The summed E-state index contributed by atoms with van der Waals surface area (Å²) in [6, 6.07) is 5.70. The van der Waals surface area contributed by atoms with Gasteiger partial charge in [-0.2, -0.15) is 0 Å². The van der Waals surface area contributed by atoms with Crippen molar-refractivity contribution in [3.05, 3.63) is 47.3 Å². The highest BCUT2D eigenvalue weighted by Gasteiger charge is 2.36. The zero-order valence-corrected chi connectivity index (χ0v) is 15.3. The number of benzene rings is 1. The number of guanidine groups is 1. The first-order valence-electron chi connectivity index (χ1n) is 8.15. The van der Waals surface area contributed by atoms with Crippen LogP contribution < -0.4 is 10.6 Å². The molecule has 2 aromatic rings. The largest absolute Gasteiger partial charge is 0.377 e. The van der Waals surface area contributed by atoms with Crippen molar-refractivity contribution in [1.82, 2.24) is 10.1 Å². The van der Waals surface area contributed by atoms with Crippen molar-refractivity contribution < 1.29 is 9.32 Å². The average molecular weight is 354 g/mol. The van der Waals surface area contributed by atoms with Crippen molar-refractivity contribution >= 4 is 23.3 Å². The summed E-state index contributed by atoms with van der Waals surface area (Å²) < 4.78 is 4.85. The standard InChI is InChI=1S/C18H22N6O2/c1-18(8-15(25)24(4)17(20)22-18)12-5-6-13(14(7-12)23(2)3)16(19)11-9-21-26-10-11/h5-7,9-10,19H,8H2,1-4H3,(H2,20,22)/t18-/m0/s1. The summed E-state index contributed by atoms with van der Waals surface area (Å²) in [7, 11) is 5.43. The molecule has 1 atom stereocenters. The Morgan fingerprint density at radius 1 is 1.42 bits per heavy atom. The second-order valence-electron chi connectivity index (χ2n) is 6.79. The Bertz CT molecular complexity index is 887. The Morgan fingerprint density at radius 2 is 2.15 bits per heavy atom. The minimum Gasteiger partial charge on any atom is -0.377 e. The first kappa shape index (κ1) is 17.7. The van der Waals surface area contributed by atoms with Crippen LogP contribution in [0.3, 0.4) is 0 Å². The molecule has 1 aromatic heterocycles. The predicted octanol–water partition coefficient (Wildman–Crippen LogP) is 1.55. The van der Waals surface area contributed by atoms with E-state index >= 15 is 0 Å². The smallest absolute Gasteiger partial charge is 0.231 e. The fourth-order valence-electron chi connectivity index (χ4n) is 3.01. The highest BCUT2D eigenvalue weighted by Crippen LogP contribution is 2.36. The topological polar surface area (TPSA) is 112 Å². The highest BCUT2D eigenvalue weighted by molar-refractivity contribution is 6.13. The first-order valence-corrected chi connectivity index (χ1v) is 8.15. The van der Waals surface area contributed by atoms with Gasteiger partial charge in [0.25, 0.3) is 0 Å². The second kappa shape index (κ2) is 6.29. The van der Waals surface area contributed by atoms with Crippen molar-refractivity contribution in [2.75, 3.05) is 26.0 Å². The van der Waals surface area contributed by atoms with E-state index in [1.807, 2.05) is 44.1 Å². The molecule has 0 bridgehead atoms.